The zero-order valence-corrected chi connectivity index (χ0v) is 10.3. The van der Waals surface area contributed by atoms with E-state index in [1.54, 1.807) is 6.07 Å². The molecule has 1 heterocycles. The molecule has 0 atom stereocenters. The molecule has 0 radical (unpaired) electrons. The second kappa shape index (κ2) is 5.52. The van der Waals surface area contributed by atoms with Crippen LogP contribution in [0.2, 0.25) is 0 Å². The van der Waals surface area contributed by atoms with Gasteiger partial charge in [-0.3, -0.25) is 0 Å². The van der Waals surface area contributed by atoms with E-state index in [2.05, 4.69) is 4.74 Å². The number of benzene rings is 1. The number of aryl methyl sites for hydroxylation is 1. The number of hydrogen-bond acceptors (Lipinski definition) is 2. The van der Waals surface area contributed by atoms with Crippen LogP contribution in [0.1, 0.15) is 6.42 Å². The summed E-state index contributed by atoms with van der Waals surface area (Å²) in [7, 11) is 0. The van der Waals surface area contributed by atoms with Crippen LogP contribution in [0.25, 0.3) is 10.9 Å². The van der Waals surface area contributed by atoms with Crippen molar-refractivity contribution in [1.82, 2.24) is 4.57 Å². The van der Waals surface area contributed by atoms with Crippen LogP contribution in [0, 0.1) is 0 Å². The first-order valence-electron chi connectivity index (χ1n) is 5.95. The van der Waals surface area contributed by atoms with Crippen molar-refractivity contribution in [3.8, 4) is 0 Å². The number of anilines is 1. The minimum Gasteiger partial charge on any atom is -0.397 e. The Hall–Kier alpha value is -1.69. The number of halogens is 3. The predicted molar refractivity (Wildman–Crippen MR) is 67.8 cm³/mol. The summed E-state index contributed by atoms with van der Waals surface area (Å²) >= 11 is 0. The van der Waals surface area contributed by atoms with E-state index in [0.717, 1.165) is 10.9 Å². The van der Waals surface area contributed by atoms with Crippen molar-refractivity contribution >= 4 is 16.6 Å². The molecule has 0 aliphatic carbocycles. The minimum atomic E-state index is -4.26. The quantitative estimate of drug-likeness (QED) is 0.670. The van der Waals surface area contributed by atoms with Gasteiger partial charge in [-0.05, 0) is 18.6 Å². The molecule has 0 aliphatic rings. The molecule has 1 aromatic carbocycles. The highest BCUT2D eigenvalue weighted by Crippen LogP contribution is 2.22. The fraction of sp³-hybridized carbons (Fsp3) is 0.385. The first kappa shape index (κ1) is 13.7. The van der Waals surface area contributed by atoms with E-state index in [1.807, 2.05) is 29.0 Å². The van der Waals surface area contributed by atoms with Crippen LogP contribution >= 0.6 is 0 Å². The third-order valence-corrected chi connectivity index (χ3v) is 2.77. The van der Waals surface area contributed by atoms with Gasteiger partial charge in [-0.1, -0.05) is 12.1 Å². The molecule has 0 amide bonds. The summed E-state index contributed by atoms with van der Waals surface area (Å²) < 4.78 is 42.1. The molecular formula is C13H15F3N2O. The normalized spacial score (nSPS) is 12.2. The van der Waals surface area contributed by atoms with Gasteiger partial charge in [0.15, 0.2) is 0 Å². The van der Waals surface area contributed by atoms with Gasteiger partial charge >= 0.3 is 6.18 Å². The fourth-order valence-electron chi connectivity index (χ4n) is 2.00. The molecule has 2 rings (SSSR count). The van der Waals surface area contributed by atoms with E-state index in [0.29, 0.717) is 18.7 Å². The topological polar surface area (TPSA) is 40.2 Å². The lowest BCUT2D eigenvalue weighted by Crippen LogP contribution is -2.17. The Morgan fingerprint density at radius 3 is 2.74 bits per heavy atom. The molecule has 104 valence electrons. The van der Waals surface area contributed by atoms with Crippen molar-refractivity contribution in [2.45, 2.75) is 19.1 Å². The molecular weight excluding hydrogens is 257 g/mol. The SMILES string of the molecule is Nc1cccc2ccn(CCCOCC(F)(F)F)c12. The number of nitrogens with two attached hydrogens (primary N) is 1. The fourth-order valence-corrected chi connectivity index (χ4v) is 2.00. The van der Waals surface area contributed by atoms with Crippen LogP contribution < -0.4 is 5.73 Å². The summed E-state index contributed by atoms with van der Waals surface area (Å²) in [6, 6.07) is 7.55. The first-order valence-corrected chi connectivity index (χ1v) is 5.95. The number of aromatic nitrogens is 1. The Labute approximate surface area is 108 Å². The largest absolute Gasteiger partial charge is 0.411 e. The predicted octanol–water partition coefficient (Wildman–Crippen LogP) is 3.19. The number of hydrogen-bond donors (Lipinski definition) is 1. The van der Waals surface area contributed by atoms with Crippen LogP contribution in [0.5, 0.6) is 0 Å². The molecule has 0 bridgehead atoms. The second-order valence-corrected chi connectivity index (χ2v) is 4.32. The second-order valence-electron chi connectivity index (χ2n) is 4.32. The maximum absolute atomic E-state index is 11.9. The van der Waals surface area contributed by atoms with Gasteiger partial charge in [0.1, 0.15) is 6.61 Å². The lowest BCUT2D eigenvalue weighted by Gasteiger charge is -2.09. The molecule has 6 heteroatoms. The van der Waals surface area contributed by atoms with E-state index >= 15 is 0 Å². The molecule has 3 nitrogen and oxygen atoms in total. The van der Waals surface area contributed by atoms with Gasteiger partial charge in [0.05, 0.1) is 11.2 Å². The number of nitrogen functional groups attached to an aromatic ring is 1. The third-order valence-electron chi connectivity index (χ3n) is 2.77. The van der Waals surface area contributed by atoms with Gasteiger partial charge in [-0.25, -0.2) is 0 Å². The van der Waals surface area contributed by atoms with Gasteiger partial charge in [0, 0.05) is 24.7 Å². The number of ether oxygens (including phenoxy) is 1. The molecule has 2 aromatic rings. The molecule has 0 saturated carbocycles. The zero-order chi connectivity index (χ0) is 13.9. The summed E-state index contributed by atoms with van der Waals surface area (Å²) in [5.41, 5.74) is 7.47. The summed E-state index contributed by atoms with van der Waals surface area (Å²) in [4.78, 5) is 0. The highest BCUT2D eigenvalue weighted by Gasteiger charge is 2.27. The van der Waals surface area contributed by atoms with Crippen molar-refractivity contribution in [3.63, 3.8) is 0 Å². The van der Waals surface area contributed by atoms with Crippen LogP contribution in [0.3, 0.4) is 0 Å². The van der Waals surface area contributed by atoms with Crippen molar-refractivity contribution in [2.75, 3.05) is 18.9 Å². The summed E-state index contributed by atoms with van der Waals surface area (Å²) in [5, 5.41) is 1.02. The lowest BCUT2D eigenvalue weighted by molar-refractivity contribution is -0.174. The van der Waals surface area contributed by atoms with Crippen molar-refractivity contribution in [1.29, 1.82) is 0 Å². The average molecular weight is 272 g/mol. The van der Waals surface area contributed by atoms with Gasteiger partial charge in [-0.15, -0.1) is 0 Å². The van der Waals surface area contributed by atoms with E-state index in [4.69, 9.17) is 5.73 Å². The van der Waals surface area contributed by atoms with Crippen LogP contribution in [0.4, 0.5) is 18.9 Å². The van der Waals surface area contributed by atoms with Crippen molar-refractivity contribution in [2.24, 2.45) is 0 Å². The maximum Gasteiger partial charge on any atom is 0.411 e. The standard InChI is InChI=1S/C13H15F3N2O/c14-13(15,16)9-19-8-2-6-18-7-5-10-3-1-4-11(17)12(10)18/h1,3-5,7H,2,6,8-9,17H2. The number of nitrogens with zero attached hydrogens (tertiary/aromatic N) is 1. The Morgan fingerprint density at radius 1 is 1.21 bits per heavy atom. The van der Waals surface area contributed by atoms with Crippen molar-refractivity contribution < 1.29 is 17.9 Å². The Bertz CT molecular complexity index is 548. The maximum atomic E-state index is 11.9. The lowest BCUT2D eigenvalue weighted by atomic mass is 10.2. The summed E-state index contributed by atoms with van der Waals surface area (Å²) in [6.07, 6.45) is -1.87. The van der Waals surface area contributed by atoms with E-state index < -0.39 is 12.8 Å². The van der Waals surface area contributed by atoms with Crippen LogP contribution in [-0.4, -0.2) is 24.0 Å². The highest BCUT2D eigenvalue weighted by atomic mass is 19.4. The van der Waals surface area contributed by atoms with E-state index in [-0.39, 0.29) is 6.61 Å². The Kier molecular flexibility index (Phi) is 3.99. The zero-order valence-electron chi connectivity index (χ0n) is 10.3. The van der Waals surface area contributed by atoms with Gasteiger partial charge in [-0.2, -0.15) is 13.2 Å². The van der Waals surface area contributed by atoms with E-state index in [1.165, 1.54) is 0 Å². The molecule has 0 aliphatic heterocycles. The van der Waals surface area contributed by atoms with Gasteiger partial charge in [0.2, 0.25) is 0 Å². The number of alkyl halides is 3. The number of rotatable bonds is 5. The molecule has 0 fully saturated rings. The van der Waals surface area contributed by atoms with Crippen LogP contribution in [-0.2, 0) is 11.3 Å². The minimum absolute atomic E-state index is 0.0753. The smallest absolute Gasteiger partial charge is 0.397 e. The average Bonchev–Trinajstić information content (AvgIpc) is 2.72. The molecule has 1 aromatic heterocycles. The Morgan fingerprint density at radius 2 is 2.00 bits per heavy atom. The van der Waals surface area contributed by atoms with Crippen LogP contribution in [0.15, 0.2) is 30.5 Å². The summed E-state index contributed by atoms with van der Waals surface area (Å²) in [5.74, 6) is 0. The monoisotopic (exact) mass is 272 g/mol. The van der Waals surface area contributed by atoms with Gasteiger partial charge < -0.3 is 15.0 Å². The Balaban J connectivity index is 1.89. The van der Waals surface area contributed by atoms with Crippen molar-refractivity contribution in [3.05, 3.63) is 30.5 Å². The molecule has 19 heavy (non-hydrogen) atoms. The highest BCUT2D eigenvalue weighted by molar-refractivity contribution is 5.90. The summed E-state index contributed by atoms with van der Waals surface area (Å²) in [6.45, 7) is -0.539. The van der Waals surface area contributed by atoms with E-state index in [9.17, 15) is 13.2 Å². The number of fused-ring (bicyclic) bond motifs is 1. The first-order chi connectivity index (χ1) is 8.97. The van der Waals surface area contributed by atoms with Gasteiger partial charge in [0.25, 0.3) is 0 Å². The third kappa shape index (κ3) is 3.64. The molecule has 2 N–H and O–H groups in total. The molecule has 0 unspecified atom stereocenters. The number of para-hydroxylation sites is 1. The molecule has 0 saturated heterocycles. The molecule has 0 spiro atoms.